The molecule has 1 unspecified atom stereocenters. The molecular formula is C11H17N3. The molecule has 3 nitrogen and oxygen atoms in total. The Bertz CT molecular complexity index is 309. The predicted molar refractivity (Wildman–Crippen MR) is 56.9 cm³/mol. The third-order valence-electron chi connectivity index (χ3n) is 2.20. The molecule has 1 aromatic heterocycles. The van der Waals surface area contributed by atoms with E-state index < -0.39 is 0 Å². The van der Waals surface area contributed by atoms with Gasteiger partial charge < -0.3 is 9.88 Å². The summed E-state index contributed by atoms with van der Waals surface area (Å²) in [5, 5.41) is 12.1. The van der Waals surface area contributed by atoms with Gasteiger partial charge in [-0.1, -0.05) is 13.8 Å². The SMILES string of the molecule is CCNCC(C)Cn1cccc1C#N. The Hall–Kier alpha value is -1.27. The van der Waals surface area contributed by atoms with E-state index in [9.17, 15) is 0 Å². The van der Waals surface area contributed by atoms with Crippen LogP contribution in [0.25, 0.3) is 0 Å². The molecule has 1 rings (SSSR count). The molecule has 1 heterocycles. The van der Waals surface area contributed by atoms with Crippen LogP contribution in [0.15, 0.2) is 18.3 Å². The van der Waals surface area contributed by atoms with Crippen LogP contribution in [0, 0.1) is 17.2 Å². The predicted octanol–water partition coefficient (Wildman–Crippen LogP) is 1.61. The minimum absolute atomic E-state index is 0.550. The third-order valence-corrected chi connectivity index (χ3v) is 2.20. The number of nitrogens with one attached hydrogen (secondary N) is 1. The van der Waals surface area contributed by atoms with Crippen molar-refractivity contribution in [1.82, 2.24) is 9.88 Å². The largest absolute Gasteiger partial charge is 0.339 e. The first kappa shape index (κ1) is 10.8. The van der Waals surface area contributed by atoms with E-state index in [1.165, 1.54) is 0 Å². The summed E-state index contributed by atoms with van der Waals surface area (Å²) in [5.41, 5.74) is 0.744. The molecule has 0 spiro atoms. The molecule has 1 N–H and O–H groups in total. The van der Waals surface area contributed by atoms with E-state index in [-0.39, 0.29) is 0 Å². The van der Waals surface area contributed by atoms with E-state index in [1.807, 2.05) is 22.9 Å². The standard InChI is InChI=1S/C11H17N3/c1-3-13-8-10(2)9-14-6-4-5-11(14)7-12/h4-6,10,13H,3,8-9H2,1-2H3. The molecule has 0 aliphatic heterocycles. The maximum atomic E-state index is 8.81. The molecule has 0 saturated heterocycles. The summed E-state index contributed by atoms with van der Waals surface area (Å²) >= 11 is 0. The molecule has 0 radical (unpaired) electrons. The Labute approximate surface area is 85.3 Å². The van der Waals surface area contributed by atoms with Crippen molar-refractivity contribution in [2.24, 2.45) is 5.92 Å². The Kier molecular flexibility index (Phi) is 4.21. The van der Waals surface area contributed by atoms with Gasteiger partial charge in [0.2, 0.25) is 0 Å². The van der Waals surface area contributed by atoms with Crippen molar-refractivity contribution in [3.63, 3.8) is 0 Å². The second kappa shape index (κ2) is 5.46. The van der Waals surface area contributed by atoms with Gasteiger partial charge in [-0.15, -0.1) is 0 Å². The molecule has 0 saturated carbocycles. The molecule has 0 aromatic carbocycles. The van der Waals surface area contributed by atoms with Crippen LogP contribution >= 0.6 is 0 Å². The van der Waals surface area contributed by atoms with Crippen molar-refractivity contribution in [2.45, 2.75) is 20.4 Å². The van der Waals surface area contributed by atoms with Gasteiger partial charge in [-0.2, -0.15) is 5.26 Å². The lowest BCUT2D eigenvalue weighted by atomic mass is 10.2. The van der Waals surface area contributed by atoms with Gasteiger partial charge >= 0.3 is 0 Å². The summed E-state index contributed by atoms with van der Waals surface area (Å²) in [6, 6.07) is 5.94. The van der Waals surface area contributed by atoms with Crippen LogP contribution in [-0.2, 0) is 6.54 Å². The second-order valence-electron chi connectivity index (χ2n) is 3.57. The fourth-order valence-electron chi connectivity index (χ4n) is 1.47. The first-order valence-corrected chi connectivity index (χ1v) is 5.04. The summed E-state index contributed by atoms with van der Waals surface area (Å²) in [4.78, 5) is 0. The van der Waals surface area contributed by atoms with Crippen molar-refractivity contribution < 1.29 is 0 Å². The lowest BCUT2D eigenvalue weighted by Crippen LogP contribution is -2.23. The van der Waals surface area contributed by atoms with Crippen molar-refractivity contribution >= 4 is 0 Å². The van der Waals surface area contributed by atoms with Crippen molar-refractivity contribution in [1.29, 1.82) is 5.26 Å². The van der Waals surface area contributed by atoms with Crippen molar-refractivity contribution in [3.8, 4) is 6.07 Å². The number of hydrogen-bond donors (Lipinski definition) is 1. The second-order valence-corrected chi connectivity index (χ2v) is 3.57. The molecule has 14 heavy (non-hydrogen) atoms. The highest BCUT2D eigenvalue weighted by Crippen LogP contribution is 2.05. The first-order valence-electron chi connectivity index (χ1n) is 5.04. The summed E-state index contributed by atoms with van der Waals surface area (Å²) < 4.78 is 2.00. The van der Waals surface area contributed by atoms with Gasteiger partial charge in [0.1, 0.15) is 11.8 Å². The molecule has 0 aliphatic carbocycles. The summed E-state index contributed by atoms with van der Waals surface area (Å²) in [6.45, 7) is 7.19. The van der Waals surface area contributed by atoms with E-state index in [1.54, 1.807) is 0 Å². The van der Waals surface area contributed by atoms with E-state index in [0.29, 0.717) is 5.92 Å². The topological polar surface area (TPSA) is 40.8 Å². The number of rotatable bonds is 5. The van der Waals surface area contributed by atoms with Crippen LogP contribution in [-0.4, -0.2) is 17.7 Å². The number of hydrogen-bond acceptors (Lipinski definition) is 2. The molecule has 0 aliphatic rings. The zero-order valence-electron chi connectivity index (χ0n) is 8.83. The minimum Gasteiger partial charge on any atom is -0.339 e. The highest BCUT2D eigenvalue weighted by molar-refractivity contribution is 5.21. The molecule has 0 fully saturated rings. The smallest absolute Gasteiger partial charge is 0.120 e. The molecular weight excluding hydrogens is 174 g/mol. The maximum absolute atomic E-state index is 8.81. The van der Waals surface area contributed by atoms with Crippen LogP contribution < -0.4 is 5.32 Å². The van der Waals surface area contributed by atoms with Crippen molar-refractivity contribution in [2.75, 3.05) is 13.1 Å². The molecule has 1 atom stereocenters. The van der Waals surface area contributed by atoms with Crippen LogP contribution in [0.2, 0.25) is 0 Å². The molecule has 0 bridgehead atoms. The zero-order chi connectivity index (χ0) is 10.4. The Morgan fingerprint density at radius 3 is 3.07 bits per heavy atom. The summed E-state index contributed by atoms with van der Waals surface area (Å²) in [7, 11) is 0. The molecule has 1 aromatic rings. The molecule has 0 amide bonds. The monoisotopic (exact) mass is 191 g/mol. The van der Waals surface area contributed by atoms with Crippen LogP contribution in [0.4, 0.5) is 0 Å². The number of nitrogens with zero attached hydrogens (tertiary/aromatic N) is 2. The van der Waals surface area contributed by atoms with E-state index >= 15 is 0 Å². The van der Waals surface area contributed by atoms with E-state index in [0.717, 1.165) is 25.3 Å². The van der Waals surface area contributed by atoms with Crippen LogP contribution in [0.5, 0.6) is 0 Å². The summed E-state index contributed by atoms with van der Waals surface area (Å²) in [5.74, 6) is 0.550. The maximum Gasteiger partial charge on any atom is 0.120 e. The van der Waals surface area contributed by atoms with Crippen LogP contribution in [0.1, 0.15) is 19.5 Å². The van der Waals surface area contributed by atoms with Gasteiger partial charge in [-0.25, -0.2) is 0 Å². The van der Waals surface area contributed by atoms with Gasteiger partial charge in [0.25, 0.3) is 0 Å². The van der Waals surface area contributed by atoms with E-state index in [2.05, 4.69) is 25.2 Å². The lowest BCUT2D eigenvalue weighted by Gasteiger charge is -2.13. The lowest BCUT2D eigenvalue weighted by molar-refractivity contribution is 0.450. The zero-order valence-corrected chi connectivity index (χ0v) is 8.83. The fraction of sp³-hybridized carbons (Fsp3) is 0.545. The van der Waals surface area contributed by atoms with E-state index in [4.69, 9.17) is 5.26 Å². The van der Waals surface area contributed by atoms with Crippen LogP contribution in [0.3, 0.4) is 0 Å². The van der Waals surface area contributed by atoms with Gasteiger partial charge in [-0.3, -0.25) is 0 Å². The Balaban J connectivity index is 2.48. The number of aromatic nitrogens is 1. The minimum atomic E-state index is 0.550. The van der Waals surface area contributed by atoms with Gasteiger partial charge in [0, 0.05) is 12.7 Å². The Morgan fingerprint density at radius 2 is 2.43 bits per heavy atom. The van der Waals surface area contributed by atoms with Gasteiger partial charge in [0.05, 0.1) is 0 Å². The first-order chi connectivity index (χ1) is 6.77. The normalized spacial score (nSPS) is 12.4. The highest BCUT2D eigenvalue weighted by Gasteiger charge is 2.04. The average molecular weight is 191 g/mol. The summed E-state index contributed by atoms with van der Waals surface area (Å²) in [6.07, 6.45) is 1.96. The molecule has 76 valence electrons. The fourth-order valence-corrected chi connectivity index (χ4v) is 1.47. The average Bonchev–Trinajstić information content (AvgIpc) is 2.62. The Morgan fingerprint density at radius 1 is 1.64 bits per heavy atom. The van der Waals surface area contributed by atoms with Gasteiger partial charge in [-0.05, 0) is 31.1 Å². The molecule has 3 heteroatoms. The number of nitriles is 1. The van der Waals surface area contributed by atoms with Crippen molar-refractivity contribution in [3.05, 3.63) is 24.0 Å². The quantitative estimate of drug-likeness (QED) is 0.768. The highest BCUT2D eigenvalue weighted by atomic mass is 15.0. The van der Waals surface area contributed by atoms with Gasteiger partial charge in [0.15, 0.2) is 0 Å². The third kappa shape index (κ3) is 2.90.